The average Bonchev–Trinajstić information content (AvgIpc) is 3.18. The zero-order valence-corrected chi connectivity index (χ0v) is 35.7. The average molecular weight is 784 g/mol. The van der Waals surface area contributed by atoms with E-state index in [0.717, 1.165) is 38.5 Å². The predicted molar refractivity (Wildman–Crippen MR) is 226 cm³/mol. The zero-order valence-electron chi connectivity index (χ0n) is 35.7. The summed E-state index contributed by atoms with van der Waals surface area (Å²) in [6, 6.07) is -0.798. The summed E-state index contributed by atoms with van der Waals surface area (Å²) < 4.78 is 11.2. The van der Waals surface area contributed by atoms with Crippen molar-refractivity contribution in [1.82, 2.24) is 5.32 Å². The van der Waals surface area contributed by atoms with Gasteiger partial charge in [0, 0.05) is 6.42 Å². The summed E-state index contributed by atoms with van der Waals surface area (Å²) in [5.41, 5.74) is 0. The lowest BCUT2D eigenvalue weighted by Gasteiger charge is -2.40. The first kappa shape index (κ1) is 51.9. The molecule has 1 heterocycles. The minimum absolute atomic E-state index is 0.174. The fraction of sp³-hybridized carbons (Fsp3) is 0.935. The van der Waals surface area contributed by atoms with Crippen LogP contribution in [-0.2, 0) is 14.3 Å². The van der Waals surface area contributed by atoms with Gasteiger partial charge in [0.15, 0.2) is 6.29 Å². The summed E-state index contributed by atoms with van der Waals surface area (Å²) in [6.45, 7) is 3.78. The first-order valence-electron chi connectivity index (χ1n) is 23.4. The van der Waals surface area contributed by atoms with Crippen molar-refractivity contribution < 1.29 is 39.8 Å². The smallest absolute Gasteiger partial charge is 0.220 e. The minimum atomic E-state index is -1.56. The Morgan fingerprint density at radius 3 is 1.42 bits per heavy atom. The van der Waals surface area contributed by atoms with Gasteiger partial charge in [0.1, 0.15) is 24.4 Å². The topological polar surface area (TPSA) is 149 Å². The summed E-state index contributed by atoms with van der Waals surface area (Å²) in [6.07, 6.45) is 35.4. The van der Waals surface area contributed by atoms with Crippen molar-refractivity contribution in [1.29, 1.82) is 0 Å². The largest absolute Gasteiger partial charge is 0.394 e. The molecule has 6 N–H and O–H groups in total. The van der Waals surface area contributed by atoms with Gasteiger partial charge in [0.25, 0.3) is 0 Å². The lowest BCUT2D eigenvalue weighted by Crippen LogP contribution is -2.60. The number of ether oxygens (including phenoxy) is 2. The van der Waals surface area contributed by atoms with Crippen LogP contribution in [0.2, 0.25) is 0 Å². The molecular formula is C46H89NO8. The van der Waals surface area contributed by atoms with E-state index in [4.69, 9.17) is 9.47 Å². The summed E-state index contributed by atoms with van der Waals surface area (Å²) >= 11 is 0. The number of carbonyl (C=O) groups is 1. The maximum Gasteiger partial charge on any atom is 0.220 e. The fourth-order valence-electron chi connectivity index (χ4n) is 7.57. The fourth-order valence-corrected chi connectivity index (χ4v) is 7.57. The second kappa shape index (κ2) is 37.2. The van der Waals surface area contributed by atoms with Gasteiger partial charge in [-0.25, -0.2) is 0 Å². The lowest BCUT2D eigenvalue weighted by atomic mass is 9.99. The van der Waals surface area contributed by atoms with Gasteiger partial charge in [-0.05, 0) is 19.3 Å². The normalized spacial score (nSPS) is 21.3. The summed E-state index contributed by atoms with van der Waals surface area (Å²) in [4.78, 5) is 13.0. The number of nitrogens with one attached hydrogen (secondary N) is 1. The van der Waals surface area contributed by atoms with Gasteiger partial charge in [-0.15, -0.1) is 0 Å². The Kier molecular flexibility index (Phi) is 35.2. The number of unbranched alkanes of at least 4 members (excludes halogenated alkanes) is 29. The number of aliphatic hydroxyl groups is 5. The Labute approximate surface area is 337 Å². The van der Waals surface area contributed by atoms with E-state index in [1.54, 1.807) is 6.08 Å². The van der Waals surface area contributed by atoms with Gasteiger partial charge < -0.3 is 40.3 Å². The molecule has 1 amide bonds. The number of allylic oxidation sites excluding steroid dienone is 1. The molecule has 9 nitrogen and oxygen atoms in total. The molecule has 2 unspecified atom stereocenters. The molecule has 0 aliphatic carbocycles. The summed E-state index contributed by atoms with van der Waals surface area (Å²) in [5, 5.41) is 54.2. The van der Waals surface area contributed by atoms with Crippen LogP contribution in [-0.4, -0.2) is 87.5 Å². The Balaban J connectivity index is 2.33. The first-order valence-corrected chi connectivity index (χ1v) is 23.4. The molecular weight excluding hydrogens is 695 g/mol. The molecule has 0 bridgehead atoms. The lowest BCUT2D eigenvalue weighted by molar-refractivity contribution is -0.302. The molecule has 0 aromatic heterocycles. The summed E-state index contributed by atoms with van der Waals surface area (Å²) in [7, 11) is 0. The van der Waals surface area contributed by atoms with Crippen molar-refractivity contribution in [3.8, 4) is 0 Å². The zero-order chi connectivity index (χ0) is 40.2. The standard InChI is InChI=1S/C46H89NO8/c1-3-5-7-9-11-13-15-17-19-20-21-22-24-26-28-30-32-34-36-42(50)47-39(38-54-46-45(53)44(52)43(51)41(37-48)55-46)40(49)35-33-31-29-27-25-23-18-16-14-12-10-8-6-4-2/h33,35,39-41,43-46,48-49,51-53H,3-32,34,36-38H2,1-2H3,(H,47,50)/b35-33+/t39-,40+,41+,43+,44?,45?,46+/m0/s1. The van der Waals surface area contributed by atoms with E-state index < -0.39 is 49.5 Å². The molecule has 0 radical (unpaired) electrons. The van der Waals surface area contributed by atoms with Gasteiger partial charge in [-0.2, -0.15) is 0 Å². The SMILES string of the molecule is CCCCCCCCCCCCCC/C=C/[C@@H](O)[C@H](CO[C@@H]1O[C@H](CO)[C@@H](O)C(O)C1O)NC(=O)CCCCCCCCCCCCCCCCCCCC. The molecule has 1 saturated heterocycles. The van der Waals surface area contributed by atoms with E-state index in [9.17, 15) is 30.3 Å². The highest BCUT2D eigenvalue weighted by Gasteiger charge is 2.44. The van der Waals surface area contributed by atoms with Gasteiger partial charge in [-0.3, -0.25) is 4.79 Å². The third-order valence-electron chi connectivity index (χ3n) is 11.4. The van der Waals surface area contributed by atoms with Crippen LogP contribution in [0.3, 0.4) is 0 Å². The van der Waals surface area contributed by atoms with Crippen molar-refractivity contribution >= 4 is 5.91 Å². The number of carbonyl (C=O) groups excluding carboxylic acids is 1. The van der Waals surface area contributed by atoms with Crippen LogP contribution >= 0.6 is 0 Å². The Morgan fingerprint density at radius 2 is 1.00 bits per heavy atom. The molecule has 0 aromatic carbocycles. The summed E-state index contributed by atoms with van der Waals surface area (Å²) in [5.74, 6) is -0.174. The molecule has 0 aromatic rings. The number of rotatable bonds is 39. The van der Waals surface area contributed by atoms with Crippen LogP contribution in [0, 0.1) is 0 Å². The molecule has 0 saturated carbocycles. The van der Waals surface area contributed by atoms with Crippen LogP contribution in [0.25, 0.3) is 0 Å². The van der Waals surface area contributed by atoms with E-state index in [1.807, 2.05) is 6.08 Å². The van der Waals surface area contributed by atoms with Crippen LogP contribution in [0.15, 0.2) is 12.2 Å². The molecule has 326 valence electrons. The molecule has 9 heteroatoms. The van der Waals surface area contributed by atoms with Crippen LogP contribution in [0.4, 0.5) is 0 Å². The highest BCUT2D eigenvalue weighted by atomic mass is 16.7. The molecule has 1 aliphatic heterocycles. The van der Waals surface area contributed by atoms with Crippen molar-refractivity contribution in [2.75, 3.05) is 13.2 Å². The van der Waals surface area contributed by atoms with Gasteiger partial charge in [0.05, 0.1) is 25.4 Å². The molecule has 1 fully saturated rings. The molecule has 1 aliphatic rings. The van der Waals surface area contributed by atoms with E-state index in [2.05, 4.69) is 19.2 Å². The van der Waals surface area contributed by atoms with E-state index in [0.29, 0.717) is 6.42 Å². The monoisotopic (exact) mass is 784 g/mol. The van der Waals surface area contributed by atoms with Crippen LogP contribution in [0.1, 0.15) is 219 Å². The molecule has 0 spiro atoms. The third kappa shape index (κ3) is 28.1. The van der Waals surface area contributed by atoms with Gasteiger partial charge in [-0.1, -0.05) is 206 Å². The second-order valence-corrected chi connectivity index (χ2v) is 16.6. The third-order valence-corrected chi connectivity index (χ3v) is 11.4. The number of amides is 1. The van der Waals surface area contributed by atoms with Gasteiger partial charge in [0.2, 0.25) is 5.91 Å². The van der Waals surface area contributed by atoms with E-state index in [1.165, 1.54) is 161 Å². The van der Waals surface area contributed by atoms with Gasteiger partial charge >= 0.3 is 0 Å². The number of hydrogen-bond donors (Lipinski definition) is 6. The Bertz CT molecular complexity index is 873. The molecule has 7 atom stereocenters. The van der Waals surface area contributed by atoms with Crippen LogP contribution in [0.5, 0.6) is 0 Å². The Morgan fingerprint density at radius 1 is 0.600 bits per heavy atom. The van der Waals surface area contributed by atoms with E-state index in [-0.39, 0.29) is 12.5 Å². The minimum Gasteiger partial charge on any atom is -0.394 e. The molecule has 1 rings (SSSR count). The highest BCUT2D eigenvalue weighted by Crippen LogP contribution is 2.23. The van der Waals surface area contributed by atoms with Crippen molar-refractivity contribution in [2.45, 2.75) is 262 Å². The maximum atomic E-state index is 13.0. The van der Waals surface area contributed by atoms with Crippen molar-refractivity contribution in [2.24, 2.45) is 0 Å². The van der Waals surface area contributed by atoms with Crippen LogP contribution < -0.4 is 5.32 Å². The predicted octanol–water partition coefficient (Wildman–Crippen LogP) is 9.73. The second-order valence-electron chi connectivity index (χ2n) is 16.6. The van der Waals surface area contributed by atoms with Crippen molar-refractivity contribution in [3.63, 3.8) is 0 Å². The quantitative estimate of drug-likeness (QED) is 0.0267. The van der Waals surface area contributed by atoms with Crippen molar-refractivity contribution in [3.05, 3.63) is 12.2 Å². The van der Waals surface area contributed by atoms with E-state index >= 15 is 0 Å². The number of hydrogen-bond acceptors (Lipinski definition) is 8. The first-order chi connectivity index (χ1) is 26.8. The molecule has 55 heavy (non-hydrogen) atoms. The Hall–Kier alpha value is -1.07. The maximum absolute atomic E-state index is 13.0. The number of aliphatic hydroxyl groups excluding tert-OH is 5. The highest BCUT2D eigenvalue weighted by molar-refractivity contribution is 5.76.